The van der Waals surface area contributed by atoms with Crippen molar-refractivity contribution in [2.45, 2.75) is 19.3 Å². The van der Waals surface area contributed by atoms with Crippen LogP contribution in [-0.4, -0.2) is 42.8 Å². The number of amides is 1. The van der Waals surface area contributed by atoms with E-state index in [9.17, 15) is 4.79 Å². The number of nitrogens with zero attached hydrogens (tertiary/aromatic N) is 6. The summed E-state index contributed by atoms with van der Waals surface area (Å²) in [5.74, 6) is 1.08. The molecule has 0 saturated carbocycles. The van der Waals surface area contributed by atoms with Gasteiger partial charge in [0.15, 0.2) is 16.6 Å². The van der Waals surface area contributed by atoms with Gasteiger partial charge in [-0.15, -0.1) is 26.6 Å². The van der Waals surface area contributed by atoms with E-state index in [1.54, 1.807) is 36.2 Å². The first-order valence-electron chi connectivity index (χ1n) is 8.64. The summed E-state index contributed by atoms with van der Waals surface area (Å²) < 4.78 is 6.77. The number of aromatic nitrogens is 6. The molecule has 4 rings (SSSR count). The van der Waals surface area contributed by atoms with Gasteiger partial charge in [-0.1, -0.05) is 0 Å². The number of anilines is 1. The van der Waals surface area contributed by atoms with E-state index in [2.05, 4.69) is 30.6 Å². The van der Waals surface area contributed by atoms with Crippen LogP contribution in [0.1, 0.15) is 18.7 Å². The van der Waals surface area contributed by atoms with Crippen LogP contribution in [-0.2, 0) is 11.2 Å². The molecule has 10 heteroatoms. The van der Waals surface area contributed by atoms with Gasteiger partial charge in [0.1, 0.15) is 0 Å². The van der Waals surface area contributed by atoms with Crippen LogP contribution in [0.4, 0.5) is 5.13 Å². The highest BCUT2D eigenvalue weighted by molar-refractivity contribution is 7.14. The molecule has 0 spiro atoms. The number of rotatable bonds is 7. The maximum Gasteiger partial charge on any atom is 0.231 e. The molecule has 1 amide bonds. The molecule has 4 aromatic rings. The molecule has 142 valence electrons. The van der Waals surface area contributed by atoms with E-state index in [1.807, 2.05) is 17.5 Å². The van der Waals surface area contributed by atoms with Crippen molar-refractivity contribution in [2.75, 3.05) is 12.4 Å². The van der Waals surface area contributed by atoms with Crippen LogP contribution in [0.5, 0.6) is 5.88 Å². The van der Waals surface area contributed by atoms with Gasteiger partial charge in [0, 0.05) is 42.2 Å². The number of aryl methyl sites for hydroxylation is 1. The Morgan fingerprint density at radius 3 is 3.04 bits per heavy atom. The minimum absolute atomic E-state index is 0.0913. The molecule has 0 saturated heterocycles. The predicted molar refractivity (Wildman–Crippen MR) is 104 cm³/mol. The van der Waals surface area contributed by atoms with Gasteiger partial charge >= 0.3 is 0 Å². The first-order chi connectivity index (χ1) is 13.7. The number of methoxy groups -OCH3 is 1. The SMILES string of the molecule is COc1ccc2nnc(CCCC(=O)Nc3nc(-c4cccnc4)cs3)n2n1. The summed E-state index contributed by atoms with van der Waals surface area (Å²) in [6.45, 7) is 0. The minimum Gasteiger partial charge on any atom is -0.480 e. The van der Waals surface area contributed by atoms with Crippen molar-refractivity contribution in [1.29, 1.82) is 0 Å². The van der Waals surface area contributed by atoms with Crippen molar-refractivity contribution >= 4 is 28.0 Å². The zero-order valence-corrected chi connectivity index (χ0v) is 15.9. The molecule has 0 atom stereocenters. The third-order valence-electron chi connectivity index (χ3n) is 4.02. The summed E-state index contributed by atoms with van der Waals surface area (Å²) >= 11 is 1.39. The zero-order chi connectivity index (χ0) is 19.3. The molecular weight excluding hydrogens is 378 g/mol. The van der Waals surface area contributed by atoms with E-state index in [0.29, 0.717) is 41.7 Å². The number of hydrogen-bond acceptors (Lipinski definition) is 8. The lowest BCUT2D eigenvalue weighted by atomic mass is 10.2. The molecule has 0 fully saturated rings. The summed E-state index contributed by atoms with van der Waals surface area (Å²) in [4.78, 5) is 20.7. The zero-order valence-electron chi connectivity index (χ0n) is 15.1. The van der Waals surface area contributed by atoms with Gasteiger partial charge in [-0.2, -0.15) is 4.52 Å². The maximum atomic E-state index is 12.2. The Hall–Kier alpha value is -3.40. The van der Waals surface area contributed by atoms with Crippen molar-refractivity contribution in [3.63, 3.8) is 0 Å². The van der Waals surface area contributed by atoms with Crippen molar-refractivity contribution in [2.24, 2.45) is 0 Å². The second kappa shape index (κ2) is 8.09. The highest BCUT2D eigenvalue weighted by Gasteiger charge is 2.11. The minimum atomic E-state index is -0.0913. The lowest BCUT2D eigenvalue weighted by molar-refractivity contribution is -0.116. The number of nitrogens with one attached hydrogen (secondary N) is 1. The first kappa shape index (κ1) is 18.0. The quantitative estimate of drug-likeness (QED) is 0.512. The standard InChI is InChI=1S/C18H17N7O2S/c1-27-17-8-7-15-23-22-14(25(15)24-17)5-2-6-16(26)21-18-20-13(11-28-18)12-4-3-9-19-10-12/h3-4,7-11H,2,5-6H2,1H3,(H,20,21,26). The average Bonchev–Trinajstić information content (AvgIpc) is 3.35. The van der Waals surface area contributed by atoms with Crippen LogP contribution in [0.15, 0.2) is 42.0 Å². The molecule has 0 aliphatic carbocycles. The van der Waals surface area contributed by atoms with Gasteiger partial charge in [-0.05, 0) is 24.6 Å². The molecule has 0 bridgehead atoms. The van der Waals surface area contributed by atoms with Gasteiger partial charge < -0.3 is 10.1 Å². The fourth-order valence-corrected chi connectivity index (χ4v) is 3.38. The summed E-state index contributed by atoms with van der Waals surface area (Å²) in [6, 6.07) is 7.30. The number of carbonyl (C=O) groups excluding carboxylic acids is 1. The van der Waals surface area contributed by atoms with Crippen LogP contribution in [0.3, 0.4) is 0 Å². The molecule has 28 heavy (non-hydrogen) atoms. The molecule has 1 N–H and O–H groups in total. The van der Waals surface area contributed by atoms with Crippen LogP contribution >= 0.6 is 11.3 Å². The molecule has 9 nitrogen and oxygen atoms in total. The lowest BCUT2D eigenvalue weighted by Crippen LogP contribution is -2.11. The van der Waals surface area contributed by atoms with Gasteiger partial charge in [0.2, 0.25) is 11.8 Å². The van der Waals surface area contributed by atoms with E-state index < -0.39 is 0 Å². The Bertz CT molecular complexity index is 1090. The number of fused-ring (bicyclic) bond motifs is 1. The summed E-state index contributed by atoms with van der Waals surface area (Å²) in [5.41, 5.74) is 2.36. The molecule has 0 unspecified atom stereocenters. The Labute approximate surface area is 164 Å². The molecule has 0 aliphatic rings. The monoisotopic (exact) mass is 395 g/mol. The topological polar surface area (TPSA) is 107 Å². The summed E-state index contributed by atoms with van der Waals surface area (Å²) in [6.07, 6.45) is 5.00. The molecule has 4 aromatic heterocycles. The smallest absolute Gasteiger partial charge is 0.231 e. The Morgan fingerprint density at radius 1 is 1.29 bits per heavy atom. The third kappa shape index (κ3) is 3.96. The van der Waals surface area contributed by atoms with E-state index in [0.717, 1.165) is 11.3 Å². The maximum absolute atomic E-state index is 12.2. The Kier molecular flexibility index (Phi) is 5.20. The van der Waals surface area contributed by atoms with Crippen LogP contribution in [0.25, 0.3) is 16.9 Å². The summed E-state index contributed by atoms with van der Waals surface area (Å²) in [5, 5.41) is 17.8. The first-order valence-corrected chi connectivity index (χ1v) is 9.52. The molecule has 4 heterocycles. The predicted octanol–water partition coefficient (Wildman–Crippen LogP) is 2.61. The normalized spacial score (nSPS) is 10.9. The highest BCUT2D eigenvalue weighted by Crippen LogP contribution is 2.24. The Balaban J connectivity index is 1.32. The number of pyridine rings is 1. The van der Waals surface area contributed by atoms with Gasteiger partial charge in [0.05, 0.1) is 12.8 Å². The lowest BCUT2D eigenvalue weighted by Gasteiger charge is -2.02. The van der Waals surface area contributed by atoms with Crippen LogP contribution in [0.2, 0.25) is 0 Å². The van der Waals surface area contributed by atoms with E-state index in [1.165, 1.54) is 11.3 Å². The van der Waals surface area contributed by atoms with Crippen LogP contribution < -0.4 is 10.1 Å². The van der Waals surface area contributed by atoms with Crippen LogP contribution in [0, 0.1) is 0 Å². The van der Waals surface area contributed by atoms with E-state index >= 15 is 0 Å². The second-order valence-electron chi connectivity index (χ2n) is 5.94. The van der Waals surface area contributed by atoms with Gasteiger partial charge in [-0.25, -0.2) is 4.98 Å². The van der Waals surface area contributed by atoms with E-state index in [-0.39, 0.29) is 5.91 Å². The highest BCUT2D eigenvalue weighted by atomic mass is 32.1. The molecule has 0 aromatic carbocycles. The van der Waals surface area contributed by atoms with Crippen molar-refractivity contribution in [3.8, 4) is 17.1 Å². The molecular formula is C18H17N7O2S. The largest absolute Gasteiger partial charge is 0.480 e. The second-order valence-corrected chi connectivity index (χ2v) is 6.80. The summed E-state index contributed by atoms with van der Waals surface area (Å²) in [7, 11) is 1.56. The fourth-order valence-electron chi connectivity index (χ4n) is 2.65. The number of hydrogen-bond donors (Lipinski definition) is 1. The Morgan fingerprint density at radius 2 is 2.21 bits per heavy atom. The van der Waals surface area contributed by atoms with Gasteiger partial charge in [0.25, 0.3) is 0 Å². The van der Waals surface area contributed by atoms with Crippen molar-refractivity contribution in [1.82, 2.24) is 29.8 Å². The third-order valence-corrected chi connectivity index (χ3v) is 4.78. The van der Waals surface area contributed by atoms with Crippen molar-refractivity contribution < 1.29 is 9.53 Å². The molecule has 0 radical (unpaired) electrons. The van der Waals surface area contributed by atoms with Crippen molar-refractivity contribution in [3.05, 3.63) is 47.9 Å². The number of thiazole rings is 1. The average molecular weight is 395 g/mol. The molecule has 0 aliphatic heterocycles. The number of ether oxygens (including phenoxy) is 1. The fraction of sp³-hybridized carbons (Fsp3) is 0.222. The van der Waals surface area contributed by atoms with E-state index in [4.69, 9.17) is 4.74 Å². The van der Waals surface area contributed by atoms with Gasteiger partial charge in [-0.3, -0.25) is 9.78 Å². The number of carbonyl (C=O) groups is 1.